The molecule has 4 nitrogen and oxygen atoms in total. The average Bonchev–Trinajstić information content (AvgIpc) is 2.25. The largest absolute Gasteiger partial charge is 0.481 e. The summed E-state index contributed by atoms with van der Waals surface area (Å²) in [6.45, 7) is 3.43. The van der Waals surface area contributed by atoms with Crippen LogP contribution in [0.1, 0.15) is 32.1 Å². The first-order chi connectivity index (χ1) is 7.22. The van der Waals surface area contributed by atoms with Crippen molar-refractivity contribution in [2.24, 2.45) is 5.92 Å². The molecule has 1 heterocycles. The van der Waals surface area contributed by atoms with Gasteiger partial charge in [-0.3, -0.25) is 4.79 Å². The number of likely N-dealkylation sites (tertiary alicyclic amines) is 1. The molecule has 0 aromatic carbocycles. The first kappa shape index (κ1) is 12.5. The molecule has 1 fully saturated rings. The molecule has 0 aromatic heterocycles. The minimum absolute atomic E-state index is 0.285. The first-order valence-electron chi connectivity index (χ1n) is 5.77. The maximum Gasteiger partial charge on any atom is 0.303 e. The van der Waals surface area contributed by atoms with Crippen molar-refractivity contribution in [3.05, 3.63) is 0 Å². The van der Waals surface area contributed by atoms with Crippen molar-refractivity contribution in [1.29, 1.82) is 0 Å². The molecule has 15 heavy (non-hydrogen) atoms. The molecular formula is C11H21NO3. The molecule has 0 bridgehead atoms. The fraction of sp³-hybridized carbons (Fsp3) is 0.909. The summed E-state index contributed by atoms with van der Waals surface area (Å²) >= 11 is 0. The number of aliphatic hydroxyl groups is 1. The zero-order valence-corrected chi connectivity index (χ0v) is 9.19. The molecule has 0 aliphatic carbocycles. The normalized spacial score (nSPS) is 19.3. The smallest absolute Gasteiger partial charge is 0.303 e. The van der Waals surface area contributed by atoms with Crippen LogP contribution in [0.25, 0.3) is 0 Å². The van der Waals surface area contributed by atoms with Gasteiger partial charge in [-0.15, -0.1) is 0 Å². The summed E-state index contributed by atoms with van der Waals surface area (Å²) in [6.07, 6.45) is 4.18. The average molecular weight is 215 g/mol. The van der Waals surface area contributed by atoms with Gasteiger partial charge in [-0.05, 0) is 51.2 Å². The lowest BCUT2D eigenvalue weighted by molar-refractivity contribution is -0.137. The van der Waals surface area contributed by atoms with Crippen LogP contribution in [0.4, 0.5) is 0 Å². The van der Waals surface area contributed by atoms with Gasteiger partial charge in [0.05, 0.1) is 0 Å². The Hall–Kier alpha value is -0.610. The standard InChI is InChI=1S/C11H21NO3/c13-9-10-4-7-12(8-5-10)6-2-1-3-11(14)15/h10,13H,1-9H2,(H,14,15). The summed E-state index contributed by atoms with van der Waals surface area (Å²) in [5.74, 6) is -0.214. The summed E-state index contributed by atoms with van der Waals surface area (Å²) in [6, 6.07) is 0. The van der Waals surface area contributed by atoms with Crippen LogP contribution in [0, 0.1) is 5.92 Å². The SMILES string of the molecule is O=C(O)CCCCN1CCC(CO)CC1. The van der Waals surface area contributed by atoms with Gasteiger partial charge < -0.3 is 15.1 Å². The molecule has 88 valence electrons. The molecule has 0 radical (unpaired) electrons. The second kappa shape index (κ2) is 6.80. The Balaban J connectivity index is 2.01. The third-order valence-corrected chi connectivity index (χ3v) is 3.08. The van der Waals surface area contributed by atoms with E-state index in [1.165, 1.54) is 0 Å². The molecule has 0 spiro atoms. The van der Waals surface area contributed by atoms with Crippen LogP contribution < -0.4 is 0 Å². The number of rotatable bonds is 6. The number of piperidine rings is 1. The van der Waals surface area contributed by atoms with Crippen LogP contribution in [0.3, 0.4) is 0 Å². The van der Waals surface area contributed by atoms with E-state index in [1.54, 1.807) is 0 Å². The molecule has 1 rings (SSSR count). The van der Waals surface area contributed by atoms with E-state index in [9.17, 15) is 4.79 Å². The fourth-order valence-corrected chi connectivity index (χ4v) is 2.00. The molecular weight excluding hydrogens is 194 g/mol. The predicted octanol–water partition coefficient (Wildman–Crippen LogP) is 0.946. The van der Waals surface area contributed by atoms with Crippen LogP contribution >= 0.6 is 0 Å². The summed E-state index contributed by atoms with van der Waals surface area (Å²) in [5, 5.41) is 17.4. The van der Waals surface area contributed by atoms with Crippen molar-refractivity contribution >= 4 is 5.97 Å². The summed E-state index contributed by atoms with van der Waals surface area (Å²) < 4.78 is 0. The van der Waals surface area contributed by atoms with Gasteiger partial charge in [0.15, 0.2) is 0 Å². The molecule has 2 N–H and O–H groups in total. The number of carboxylic acid groups (broad SMARTS) is 1. The van der Waals surface area contributed by atoms with E-state index in [-0.39, 0.29) is 6.42 Å². The van der Waals surface area contributed by atoms with Crippen LogP contribution in [0.15, 0.2) is 0 Å². The lowest BCUT2D eigenvalue weighted by Crippen LogP contribution is -2.35. The molecule has 1 aliphatic rings. The lowest BCUT2D eigenvalue weighted by atomic mass is 9.98. The van der Waals surface area contributed by atoms with Crippen molar-refractivity contribution in [1.82, 2.24) is 4.90 Å². The van der Waals surface area contributed by atoms with Crippen LogP contribution in [-0.2, 0) is 4.79 Å². The number of hydrogen-bond acceptors (Lipinski definition) is 3. The monoisotopic (exact) mass is 215 g/mol. The number of unbranched alkanes of at least 4 members (excludes halogenated alkanes) is 1. The van der Waals surface area contributed by atoms with Gasteiger partial charge in [-0.1, -0.05) is 0 Å². The molecule has 0 atom stereocenters. The lowest BCUT2D eigenvalue weighted by Gasteiger charge is -2.30. The van der Waals surface area contributed by atoms with E-state index >= 15 is 0 Å². The maximum atomic E-state index is 10.3. The van der Waals surface area contributed by atoms with E-state index < -0.39 is 5.97 Å². The maximum absolute atomic E-state index is 10.3. The van der Waals surface area contributed by atoms with Gasteiger partial charge in [0.2, 0.25) is 0 Å². The number of aliphatic hydroxyl groups excluding tert-OH is 1. The summed E-state index contributed by atoms with van der Waals surface area (Å²) in [4.78, 5) is 12.7. The van der Waals surface area contributed by atoms with E-state index in [4.69, 9.17) is 10.2 Å². The Kier molecular flexibility index (Phi) is 5.65. The second-order valence-electron chi connectivity index (χ2n) is 4.32. The predicted molar refractivity (Wildman–Crippen MR) is 57.7 cm³/mol. The number of carboxylic acids is 1. The number of nitrogens with zero attached hydrogens (tertiary/aromatic N) is 1. The minimum atomic E-state index is -0.700. The molecule has 0 aromatic rings. The quantitative estimate of drug-likeness (QED) is 0.647. The van der Waals surface area contributed by atoms with Crippen LogP contribution in [0.5, 0.6) is 0 Å². The zero-order chi connectivity index (χ0) is 11.1. The topological polar surface area (TPSA) is 60.8 Å². The van der Waals surface area contributed by atoms with Crippen molar-refractivity contribution in [2.45, 2.75) is 32.1 Å². The highest BCUT2D eigenvalue weighted by molar-refractivity contribution is 5.66. The van der Waals surface area contributed by atoms with Crippen molar-refractivity contribution < 1.29 is 15.0 Å². The van der Waals surface area contributed by atoms with E-state index in [1.807, 2.05) is 0 Å². The highest BCUT2D eigenvalue weighted by Gasteiger charge is 2.17. The second-order valence-corrected chi connectivity index (χ2v) is 4.32. The molecule has 4 heteroatoms. The fourth-order valence-electron chi connectivity index (χ4n) is 2.00. The van der Waals surface area contributed by atoms with E-state index in [2.05, 4.69) is 4.90 Å². The van der Waals surface area contributed by atoms with Gasteiger partial charge >= 0.3 is 5.97 Å². The summed E-state index contributed by atoms with van der Waals surface area (Å²) in [5.41, 5.74) is 0. The Morgan fingerprint density at radius 1 is 1.27 bits per heavy atom. The molecule has 1 aliphatic heterocycles. The molecule has 0 amide bonds. The highest BCUT2D eigenvalue weighted by Crippen LogP contribution is 2.16. The number of aliphatic carboxylic acids is 1. The van der Waals surface area contributed by atoms with E-state index in [0.29, 0.717) is 12.5 Å². The Morgan fingerprint density at radius 2 is 1.93 bits per heavy atom. The van der Waals surface area contributed by atoms with Crippen LogP contribution in [0.2, 0.25) is 0 Å². The number of carbonyl (C=O) groups is 1. The third-order valence-electron chi connectivity index (χ3n) is 3.08. The molecule has 0 unspecified atom stereocenters. The summed E-state index contributed by atoms with van der Waals surface area (Å²) in [7, 11) is 0. The third kappa shape index (κ3) is 5.14. The molecule has 1 saturated heterocycles. The van der Waals surface area contributed by atoms with Crippen molar-refractivity contribution in [3.63, 3.8) is 0 Å². The Labute approximate surface area is 90.9 Å². The Morgan fingerprint density at radius 3 is 2.47 bits per heavy atom. The van der Waals surface area contributed by atoms with Gasteiger partial charge in [0.1, 0.15) is 0 Å². The zero-order valence-electron chi connectivity index (χ0n) is 9.19. The minimum Gasteiger partial charge on any atom is -0.481 e. The molecule has 0 saturated carbocycles. The van der Waals surface area contributed by atoms with Crippen LogP contribution in [-0.4, -0.2) is 47.3 Å². The Bertz CT molecular complexity index is 188. The van der Waals surface area contributed by atoms with Crippen molar-refractivity contribution in [3.8, 4) is 0 Å². The van der Waals surface area contributed by atoms with Gasteiger partial charge in [0, 0.05) is 13.0 Å². The van der Waals surface area contributed by atoms with Gasteiger partial charge in [0.25, 0.3) is 0 Å². The number of hydrogen-bond donors (Lipinski definition) is 2. The van der Waals surface area contributed by atoms with Crippen molar-refractivity contribution in [2.75, 3.05) is 26.2 Å². The first-order valence-corrected chi connectivity index (χ1v) is 5.77. The highest BCUT2D eigenvalue weighted by atomic mass is 16.4. The van der Waals surface area contributed by atoms with E-state index in [0.717, 1.165) is 45.3 Å². The van der Waals surface area contributed by atoms with Gasteiger partial charge in [-0.2, -0.15) is 0 Å². The van der Waals surface area contributed by atoms with Gasteiger partial charge in [-0.25, -0.2) is 0 Å².